The number of nitrogens with two attached hydrogens (primary N) is 1. The topological polar surface area (TPSA) is 101 Å². The Morgan fingerprint density at radius 1 is 1.43 bits per heavy atom. The Morgan fingerprint density at radius 2 is 2.14 bits per heavy atom. The van der Waals surface area contributed by atoms with E-state index < -0.39 is 12.1 Å². The molecule has 0 saturated heterocycles. The molecule has 0 bridgehead atoms. The minimum absolute atomic E-state index is 0.0972. The van der Waals surface area contributed by atoms with Crippen molar-refractivity contribution in [2.45, 2.75) is 71.1 Å². The first-order valence-corrected chi connectivity index (χ1v) is 7.65. The highest BCUT2D eigenvalue weighted by molar-refractivity contribution is 5.92. The number of nitrogens with one attached hydrogen (secondary N) is 1. The summed E-state index contributed by atoms with van der Waals surface area (Å²) in [7, 11) is 0. The minimum Gasteiger partial charge on any atom is -0.446 e. The van der Waals surface area contributed by atoms with Crippen LogP contribution in [-0.2, 0) is 0 Å². The third-order valence-corrected chi connectivity index (χ3v) is 3.43. The number of unbranched alkanes of at least 4 members (excludes halogenated alkanes) is 3. The van der Waals surface area contributed by atoms with Crippen molar-refractivity contribution in [1.29, 1.82) is 0 Å². The van der Waals surface area contributed by atoms with Crippen LogP contribution in [0.3, 0.4) is 0 Å². The van der Waals surface area contributed by atoms with Gasteiger partial charge < -0.3 is 20.6 Å². The summed E-state index contributed by atoms with van der Waals surface area (Å²) in [6, 6.07) is -0.627. The van der Waals surface area contributed by atoms with Crippen molar-refractivity contribution >= 4 is 5.91 Å². The summed E-state index contributed by atoms with van der Waals surface area (Å²) >= 11 is 0. The van der Waals surface area contributed by atoms with Crippen LogP contribution in [-0.4, -0.2) is 28.1 Å². The first-order valence-electron chi connectivity index (χ1n) is 7.65. The summed E-state index contributed by atoms with van der Waals surface area (Å²) in [5.41, 5.74) is 5.90. The Morgan fingerprint density at radius 3 is 2.76 bits per heavy atom. The lowest BCUT2D eigenvalue weighted by molar-refractivity contribution is 0.0932. The van der Waals surface area contributed by atoms with Gasteiger partial charge in [0.2, 0.25) is 5.89 Å². The number of hydrogen-bond donors (Lipinski definition) is 3. The number of carbonyl (C=O) groups is 1. The number of aromatic nitrogens is 1. The van der Waals surface area contributed by atoms with E-state index in [2.05, 4.69) is 17.2 Å². The van der Waals surface area contributed by atoms with Crippen molar-refractivity contribution in [3.8, 4) is 0 Å². The van der Waals surface area contributed by atoms with Gasteiger partial charge in [0.25, 0.3) is 5.91 Å². The number of hydrogen-bond acceptors (Lipinski definition) is 5. The minimum atomic E-state index is -0.781. The Balaban J connectivity index is 2.45. The van der Waals surface area contributed by atoms with Crippen LogP contribution < -0.4 is 11.1 Å². The molecule has 1 rings (SSSR count). The summed E-state index contributed by atoms with van der Waals surface area (Å²) in [6.45, 7) is 5.70. The van der Waals surface area contributed by atoms with Gasteiger partial charge in [-0.1, -0.05) is 32.6 Å². The van der Waals surface area contributed by atoms with Crippen LogP contribution in [0.1, 0.15) is 75.3 Å². The van der Waals surface area contributed by atoms with Crippen LogP contribution >= 0.6 is 0 Å². The molecule has 6 heteroatoms. The Kier molecular flexibility index (Phi) is 7.39. The molecular weight excluding hydrogens is 270 g/mol. The zero-order valence-electron chi connectivity index (χ0n) is 13.1. The van der Waals surface area contributed by atoms with Crippen LogP contribution in [0.4, 0.5) is 0 Å². The first-order chi connectivity index (χ1) is 9.95. The Bertz CT molecular complexity index is 432. The molecule has 1 aromatic rings. The fourth-order valence-corrected chi connectivity index (χ4v) is 2.00. The van der Waals surface area contributed by atoms with Crippen molar-refractivity contribution in [1.82, 2.24) is 10.3 Å². The summed E-state index contributed by atoms with van der Waals surface area (Å²) in [5, 5.41) is 12.3. The van der Waals surface area contributed by atoms with Crippen LogP contribution in [0.25, 0.3) is 0 Å². The fourth-order valence-electron chi connectivity index (χ4n) is 2.00. The van der Waals surface area contributed by atoms with E-state index in [1.165, 1.54) is 25.5 Å². The van der Waals surface area contributed by atoms with Gasteiger partial charge in [-0.25, -0.2) is 4.98 Å². The van der Waals surface area contributed by atoms with E-state index in [0.29, 0.717) is 0 Å². The van der Waals surface area contributed by atoms with Gasteiger partial charge >= 0.3 is 0 Å². The smallest absolute Gasteiger partial charge is 0.273 e. The second-order valence-corrected chi connectivity index (χ2v) is 5.56. The van der Waals surface area contributed by atoms with E-state index in [-0.39, 0.29) is 23.5 Å². The predicted molar refractivity (Wildman–Crippen MR) is 80.8 cm³/mol. The molecule has 1 amide bonds. The average molecular weight is 297 g/mol. The second kappa shape index (κ2) is 8.79. The predicted octanol–water partition coefficient (Wildman–Crippen LogP) is 2.14. The molecule has 120 valence electrons. The van der Waals surface area contributed by atoms with Gasteiger partial charge in [-0.3, -0.25) is 4.79 Å². The van der Waals surface area contributed by atoms with E-state index in [4.69, 9.17) is 10.2 Å². The largest absolute Gasteiger partial charge is 0.446 e. The first kappa shape index (κ1) is 17.7. The molecule has 0 radical (unpaired) electrons. The highest BCUT2D eigenvalue weighted by atomic mass is 16.3. The number of nitrogens with zero attached hydrogens (tertiary/aromatic N) is 1. The van der Waals surface area contributed by atoms with E-state index >= 15 is 0 Å². The molecule has 0 aliphatic carbocycles. The normalized spacial score (nSPS) is 15.5. The maximum absolute atomic E-state index is 12.0. The highest BCUT2D eigenvalue weighted by Crippen LogP contribution is 2.14. The summed E-state index contributed by atoms with van der Waals surface area (Å²) in [4.78, 5) is 16.0. The van der Waals surface area contributed by atoms with Gasteiger partial charge in [0.1, 0.15) is 12.3 Å². The van der Waals surface area contributed by atoms with Crippen LogP contribution in [0.5, 0.6) is 0 Å². The number of carbonyl (C=O) groups excluding carboxylic acids is 1. The van der Waals surface area contributed by atoms with Crippen LogP contribution in [0, 0.1) is 0 Å². The maximum Gasteiger partial charge on any atom is 0.273 e. The van der Waals surface area contributed by atoms with E-state index in [0.717, 1.165) is 12.8 Å². The monoisotopic (exact) mass is 297 g/mol. The molecule has 3 atom stereocenters. The quantitative estimate of drug-likeness (QED) is 0.606. The van der Waals surface area contributed by atoms with Crippen molar-refractivity contribution in [3.63, 3.8) is 0 Å². The number of oxazole rings is 1. The summed E-state index contributed by atoms with van der Waals surface area (Å²) in [6.07, 6.45) is 6.16. The zero-order valence-corrected chi connectivity index (χ0v) is 13.1. The lowest BCUT2D eigenvalue weighted by atomic mass is 10.1. The number of amides is 1. The van der Waals surface area contributed by atoms with Gasteiger partial charge in [0.05, 0.1) is 6.10 Å². The standard InChI is InChI=1S/C15H27N3O3/c1-4-5-6-7-8-10(2)17-14(20)12-9-21-15(18-12)13(16)11(3)19/h9-11,13,19H,4-8,16H2,1-3H3,(H,17,20). The van der Waals surface area contributed by atoms with E-state index in [1.54, 1.807) is 6.92 Å². The van der Waals surface area contributed by atoms with Crippen molar-refractivity contribution in [2.75, 3.05) is 0 Å². The van der Waals surface area contributed by atoms with Gasteiger partial charge in [0.15, 0.2) is 5.69 Å². The molecule has 1 aromatic heterocycles. The van der Waals surface area contributed by atoms with E-state index in [1.807, 2.05) is 6.92 Å². The van der Waals surface area contributed by atoms with Crippen molar-refractivity contribution in [3.05, 3.63) is 17.8 Å². The summed E-state index contributed by atoms with van der Waals surface area (Å²) < 4.78 is 5.15. The molecule has 21 heavy (non-hydrogen) atoms. The van der Waals surface area contributed by atoms with Crippen molar-refractivity contribution < 1.29 is 14.3 Å². The molecule has 0 spiro atoms. The van der Waals surface area contributed by atoms with Gasteiger partial charge in [-0.2, -0.15) is 0 Å². The number of aliphatic hydroxyl groups is 1. The third kappa shape index (κ3) is 5.85. The molecule has 0 aliphatic heterocycles. The molecule has 6 nitrogen and oxygen atoms in total. The molecule has 3 unspecified atom stereocenters. The lowest BCUT2D eigenvalue weighted by Gasteiger charge is -2.12. The van der Waals surface area contributed by atoms with Gasteiger partial charge in [-0.15, -0.1) is 0 Å². The third-order valence-electron chi connectivity index (χ3n) is 3.43. The molecule has 0 fully saturated rings. The fraction of sp³-hybridized carbons (Fsp3) is 0.733. The molecule has 1 heterocycles. The molecule has 4 N–H and O–H groups in total. The highest BCUT2D eigenvalue weighted by Gasteiger charge is 2.21. The molecule has 0 aromatic carbocycles. The lowest BCUT2D eigenvalue weighted by Crippen LogP contribution is -2.32. The van der Waals surface area contributed by atoms with Crippen LogP contribution in [0.15, 0.2) is 10.7 Å². The SMILES string of the molecule is CCCCCCC(C)NC(=O)c1coc(C(N)C(C)O)n1. The van der Waals surface area contributed by atoms with Crippen LogP contribution in [0.2, 0.25) is 0 Å². The van der Waals surface area contributed by atoms with Gasteiger partial charge in [-0.05, 0) is 20.3 Å². The van der Waals surface area contributed by atoms with Gasteiger partial charge in [0, 0.05) is 6.04 Å². The molecule has 0 saturated carbocycles. The number of aliphatic hydroxyl groups excluding tert-OH is 1. The van der Waals surface area contributed by atoms with E-state index in [9.17, 15) is 9.90 Å². The Labute approximate surface area is 126 Å². The van der Waals surface area contributed by atoms with Crippen molar-refractivity contribution in [2.24, 2.45) is 5.73 Å². The second-order valence-electron chi connectivity index (χ2n) is 5.56. The number of rotatable bonds is 9. The Hall–Kier alpha value is -1.40. The zero-order chi connectivity index (χ0) is 15.8. The summed E-state index contributed by atoms with van der Waals surface area (Å²) in [5.74, 6) is -0.100. The molecular formula is C15H27N3O3. The average Bonchev–Trinajstić information content (AvgIpc) is 2.92. The maximum atomic E-state index is 12.0. The molecule has 0 aliphatic rings.